The molecule has 32 heavy (non-hydrogen) atoms. The lowest BCUT2D eigenvalue weighted by Crippen LogP contribution is -2.48. The number of rotatable bonds is 7. The minimum absolute atomic E-state index is 0.151. The first-order chi connectivity index (χ1) is 15.2. The fraction of sp³-hybridized carbons (Fsp3) is 0.364. The highest BCUT2D eigenvalue weighted by Crippen LogP contribution is 2.43. The van der Waals surface area contributed by atoms with Crippen molar-refractivity contribution in [2.24, 2.45) is 4.99 Å². The van der Waals surface area contributed by atoms with Crippen LogP contribution in [0.1, 0.15) is 30.3 Å². The summed E-state index contributed by atoms with van der Waals surface area (Å²) in [5.41, 5.74) is -0.866. The number of carboxylic acid groups (broad SMARTS) is 1. The Labute approximate surface area is 188 Å². The van der Waals surface area contributed by atoms with Gasteiger partial charge in [0.1, 0.15) is 16.9 Å². The molecule has 1 unspecified atom stereocenters. The average molecular weight is 459 g/mol. The Morgan fingerprint density at radius 2 is 2.00 bits per heavy atom. The van der Waals surface area contributed by atoms with Gasteiger partial charge in [-0.3, -0.25) is 9.69 Å². The molecule has 10 heteroatoms. The summed E-state index contributed by atoms with van der Waals surface area (Å²) in [6, 6.07) is 5.78. The smallest absolute Gasteiger partial charge is 0.338 e. The topological polar surface area (TPSA) is 104 Å². The number of carboxylic acids is 1. The molecule has 1 aliphatic heterocycles. The monoisotopic (exact) mass is 458 g/mol. The first-order valence-corrected chi connectivity index (χ1v) is 10.9. The van der Waals surface area contributed by atoms with Crippen molar-refractivity contribution in [1.82, 2.24) is 15.2 Å². The Morgan fingerprint density at radius 3 is 2.53 bits per heavy atom. The SMILES string of the molecule is COC(=O)C1=C(CN(C)C2(C(=O)O)CC2)NC(c2nccs2)=NC1(C)c1ccc(F)cc1. The average Bonchev–Trinajstić information content (AvgIpc) is 3.41. The van der Waals surface area contributed by atoms with Crippen molar-refractivity contribution in [3.8, 4) is 0 Å². The fourth-order valence-corrected chi connectivity index (χ4v) is 4.62. The van der Waals surface area contributed by atoms with E-state index in [4.69, 9.17) is 9.73 Å². The van der Waals surface area contributed by atoms with Gasteiger partial charge in [-0.05, 0) is 44.5 Å². The molecule has 2 heterocycles. The number of halogens is 1. The van der Waals surface area contributed by atoms with Crippen LogP contribution < -0.4 is 5.32 Å². The van der Waals surface area contributed by atoms with E-state index in [-0.39, 0.29) is 12.1 Å². The number of ether oxygens (including phenoxy) is 1. The van der Waals surface area contributed by atoms with Gasteiger partial charge in [0.05, 0.1) is 12.7 Å². The Bertz CT molecular complexity index is 1110. The second-order valence-electron chi connectivity index (χ2n) is 8.04. The van der Waals surface area contributed by atoms with E-state index in [2.05, 4.69) is 10.3 Å². The van der Waals surface area contributed by atoms with Crippen LogP contribution in [0.15, 0.2) is 52.1 Å². The molecule has 0 spiro atoms. The van der Waals surface area contributed by atoms with Crippen LogP contribution in [0.25, 0.3) is 0 Å². The summed E-state index contributed by atoms with van der Waals surface area (Å²) in [6.45, 7) is 1.91. The van der Waals surface area contributed by atoms with Gasteiger partial charge in [0.2, 0.25) is 0 Å². The largest absolute Gasteiger partial charge is 0.480 e. The molecule has 0 bridgehead atoms. The number of esters is 1. The third-order valence-electron chi connectivity index (χ3n) is 6.07. The van der Waals surface area contributed by atoms with Gasteiger partial charge in [0, 0.05) is 23.8 Å². The molecule has 2 N–H and O–H groups in total. The summed E-state index contributed by atoms with van der Waals surface area (Å²) in [5.74, 6) is -1.46. The van der Waals surface area contributed by atoms with Gasteiger partial charge in [0.25, 0.3) is 0 Å². The molecule has 1 atom stereocenters. The van der Waals surface area contributed by atoms with Crippen LogP contribution in [0.5, 0.6) is 0 Å². The van der Waals surface area contributed by atoms with Gasteiger partial charge in [-0.25, -0.2) is 19.2 Å². The molecule has 4 rings (SSSR count). The Hall–Kier alpha value is -3.11. The molecule has 2 aliphatic rings. The van der Waals surface area contributed by atoms with Gasteiger partial charge in [-0.1, -0.05) is 12.1 Å². The molecule has 1 aromatic carbocycles. The molecule has 8 nitrogen and oxygen atoms in total. The second kappa shape index (κ2) is 8.10. The highest BCUT2D eigenvalue weighted by Gasteiger charge is 2.54. The summed E-state index contributed by atoms with van der Waals surface area (Å²) in [5, 5.41) is 15.3. The number of likely N-dealkylation sites (N-methyl/N-ethyl adjacent to an activating group) is 1. The van der Waals surface area contributed by atoms with Crippen molar-refractivity contribution in [2.45, 2.75) is 30.8 Å². The number of amidine groups is 1. The number of carbonyl (C=O) groups excluding carboxylic acids is 1. The van der Waals surface area contributed by atoms with Crippen LogP contribution in [-0.4, -0.2) is 59.0 Å². The zero-order valence-corrected chi connectivity index (χ0v) is 18.7. The van der Waals surface area contributed by atoms with E-state index in [0.717, 1.165) is 0 Å². The highest BCUT2D eigenvalue weighted by molar-refractivity contribution is 7.11. The molecule has 0 amide bonds. The van der Waals surface area contributed by atoms with Crippen LogP contribution >= 0.6 is 11.3 Å². The molecule has 1 saturated carbocycles. The van der Waals surface area contributed by atoms with E-state index in [1.54, 1.807) is 37.2 Å². The molecule has 1 aliphatic carbocycles. The predicted molar refractivity (Wildman–Crippen MR) is 117 cm³/mol. The molecular formula is C22H23FN4O4S. The van der Waals surface area contributed by atoms with Gasteiger partial charge in [-0.15, -0.1) is 11.3 Å². The number of methoxy groups -OCH3 is 1. The number of benzene rings is 1. The van der Waals surface area contributed by atoms with Crippen molar-refractivity contribution in [1.29, 1.82) is 0 Å². The summed E-state index contributed by atoms with van der Waals surface area (Å²) in [6.07, 6.45) is 2.71. The maximum absolute atomic E-state index is 13.6. The second-order valence-corrected chi connectivity index (χ2v) is 8.93. The molecule has 2 aromatic rings. The maximum Gasteiger partial charge on any atom is 0.338 e. The first-order valence-electron chi connectivity index (χ1n) is 10.0. The van der Waals surface area contributed by atoms with E-state index in [9.17, 15) is 19.1 Å². The van der Waals surface area contributed by atoms with Gasteiger partial charge >= 0.3 is 11.9 Å². The number of thiazole rings is 1. The highest BCUT2D eigenvalue weighted by atomic mass is 32.1. The van der Waals surface area contributed by atoms with Gasteiger partial charge < -0.3 is 15.2 Å². The minimum atomic E-state index is -1.21. The Morgan fingerprint density at radius 1 is 1.31 bits per heavy atom. The standard InChI is InChI=1S/C22H23FN4O4S/c1-21(13-4-6-14(23)7-5-13)16(19(28)31-3)15(12-27(2)22(8-9-22)20(29)30)25-17(26-21)18-24-10-11-32-18/h4-7,10-11H,8-9,12H2,1-3H3,(H,25,26)(H,29,30). The lowest BCUT2D eigenvalue weighted by atomic mass is 9.82. The third kappa shape index (κ3) is 3.69. The number of nitrogens with zero attached hydrogens (tertiary/aromatic N) is 3. The summed E-state index contributed by atoms with van der Waals surface area (Å²) in [4.78, 5) is 35.7. The minimum Gasteiger partial charge on any atom is -0.480 e. The summed E-state index contributed by atoms with van der Waals surface area (Å²) in [7, 11) is 3.00. The van der Waals surface area contributed by atoms with E-state index in [1.165, 1.54) is 30.6 Å². The van der Waals surface area contributed by atoms with E-state index >= 15 is 0 Å². The van der Waals surface area contributed by atoms with Crippen LogP contribution in [-0.2, 0) is 19.9 Å². The van der Waals surface area contributed by atoms with Crippen molar-refractivity contribution < 1.29 is 23.8 Å². The normalized spacial score (nSPS) is 21.7. The number of hydrogen-bond acceptors (Lipinski definition) is 8. The van der Waals surface area contributed by atoms with E-state index in [1.807, 2.05) is 5.38 Å². The first kappa shape index (κ1) is 22.1. The van der Waals surface area contributed by atoms with E-state index < -0.39 is 28.8 Å². The summed E-state index contributed by atoms with van der Waals surface area (Å²) < 4.78 is 18.7. The number of aliphatic carboxylic acids is 1. The summed E-state index contributed by atoms with van der Waals surface area (Å²) >= 11 is 1.38. The Kier molecular flexibility index (Phi) is 5.59. The number of nitrogens with one attached hydrogen (secondary N) is 1. The lowest BCUT2D eigenvalue weighted by Gasteiger charge is -2.36. The van der Waals surface area contributed by atoms with Crippen molar-refractivity contribution in [3.63, 3.8) is 0 Å². The van der Waals surface area contributed by atoms with Crippen molar-refractivity contribution in [3.05, 3.63) is 63.5 Å². The zero-order chi connectivity index (χ0) is 23.1. The van der Waals surface area contributed by atoms with Crippen molar-refractivity contribution in [2.75, 3.05) is 20.7 Å². The van der Waals surface area contributed by atoms with Gasteiger partial charge in [0.15, 0.2) is 10.8 Å². The molecule has 0 saturated heterocycles. The number of hydrogen-bond donors (Lipinski definition) is 2. The van der Waals surface area contributed by atoms with Gasteiger partial charge in [-0.2, -0.15) is 0 Å². The molecule has 1 aromatic heterocycles. The number of aliphatic imine (C=N–C) groups is 1. The van der Waals surface area contributed by atoms with Crippen molar-refractivity contribution >= 4 is 29.1 Å². The van der Waals surface area contributed by atoms with Crippen LogP contribution in [0, 0.1) is 5.82 Å². The lowest BCUT2D eigenvalue weighted by molar-refractivity contribution is -0.144. The quantitative estimate of drug-likeness (QED) is 0.615. The third-order valence-corrected chi connectivity index (χ3v) is 6.85. The molecule has 0 radical (unpaired) electrons. The zero-order valence-electron chi connectivity index (χ0n) is 17.9. The molecule has 168 valence electrons. The van der Waals surface area contributed by atoms with Crippen LogP contribution in [0.4, 0.5) is 4.39 Å². The number of carbonyl (C=O) groups is 2. The van der Waals surface area contributed by atoms with Crippen LogP contribution in [0.3, 0.4) is 0 Å². The van der Waals surface area contributed by atoms with E-state index in [0.29, 0.717) is 34.9 Å². The maximum atomic E-state index is 13.6. The molecular weight excluding hydrogens is 435 g/mol. The predicted octanol–water partition coefficient (Wildman–Crippen LogP) is 2.52. The molecule has 1 fully saturated rings. The number of aromatic nitrogens is 1. The Balaban J connectivity index is 1.86. The fourth-order valence-electron chi connectivity index (χ4n) is 4.04. The van der Waals surface area contributed by atoms with Crippen LogP contribution in [0.2, 0.25) is 0 Å².